The van der Waals surface area contributed by atoms with Crippen LogP contribution in [0.25, 0.3) is 21.9 Å². The third-order valence-electron chi connectivity index (χ3n) is 9.27. The molecule has 0 spiro atoms. The van der Waals surface area contributed by atoms with Gasteiger partial charge in [0, 0.05) is 38.7 Å². The molecule has 6 aromatic rings. The van der Waals surface area contributed by atoms with E-state index < -0.39 is 30.4 Å². The highest BCUT2D eigenvalue weighted by Crippen LogP contribution is 2.33. The van der Waals surface area contributed by atoms with Gasteiger partial charge in [0.05, 0.1) is 17.7 Å². The molecule has 1 aliphatic rings. The van der Waals surface area contributed by atoms with E-state index in [1.54, 1.807) is 16.7 Å². The molecule has 0 saturated carbocycles. The SMILES string of the molecule is CCN(Cc1ccccc1)c1ccc(C(=O)NC[C@H]2O[C@@H](n3cnc4c(NCc5cccc6ccccc56)ncnc43)[C@H](O)[C@@H]2O)cc1NC(C)=O. The van der Waals surface area contributed by atoms with Gasteiger partial charge in [-0.25, -0.2) is 15.0 Å². The summed E-state index contributed by atoms with van der Waals surface area (Å²) >= 11 is 0. The molecule has 1 saturated heterocycles. The molecule has 0 radical (unpaired) electrons. The number of aliphatic hydroxyl groups excluding tert-OH is 2. The molecule has 1 fully saturated rings. The van der Waals surface area contributed by atoms with E-state index in [9.17, 15) is 19.8 Å². The molecular weight excluding hydrogens is 660 g/mol. The number of nitrogens with one attached hydrogen (secondary N) is 3. The van der Waals surface area contributed by atoms with Crippen molar-refractivity contribution in [3.63, 3.8) is 0 Å². The molecule has 266 valence electrons. The van der Waals surface area contributed by atoms with E-state index in [1.807, 2.05) is 61.5 Å². The topological polar surface area (TPSA) is 167 Å². The van der Waals surface area contributed by atoms with Gasteiger partial charge in [-0.05, 0) is 47.0 Å². The number of carbonyl (C=O) groups is 2. The number of hydrogen-bond acceptors (Lipinski definition) is 10. The van der Waals surface area contributed by atoms with Crippen LogP contribution in [-0.4, -0.2) is 72.9 Å². The monoisotopic (exact) mass is 700 g/mol. The van der Waals surface area contributed by atoms with Crippen molar-refractivity contribution in [2.24, 2.45) is 0 Å². The fourth-order valence-electron chi connectivity index (χ4n) is 6.63. The summed E-state index contributed by atoms with van der Waals surface area (Å²) in [4.78, 5) is 40.9. The lowest BCUT2D eigenvalue weighted by Gasteiger charge is -2.26. The van der Waals surface area contributed by atoms with Crippen molar-refractivity contribution in [3.05, 3.63) is 120 Å². The van der Waals surface area contributed by atoms with E-state index in [2.05, 4.69) is 60.1 Å². The average Bonchev–Trinajstić information content (AvgIpc) is 3.72. The van der Waals surface area contributed by atoms with Crippen molar-refractivity contribution in [3.8, 4) is 0 Å². The van der Waals surface area contributed by atoms with Crippen LogP contribution in [0.5, 0.6) is 0 Å². The van der Waals surface area contributed by atoms with Gasteiger partial charge >= 0.3 is 0 Å². The zero-order valence-electron chi connectivity index (χ0n) is 28.8. The predicted octanol–water partition coefficient (Wildman–Crippen LogP) is 4.63. The molecule has 13 heteroatoms. The van der Waals surface area contributed by atoms with E-state index >= 15 is 0 Å². The molecule has 4 atom stereocenters. The number of imidazole rings is 1. The van der Waals surface area contributed by atoms with E-state index in [0.717, 1.165) is 27.6 Å². The average molecular weight is 701 g/mol. The van der Waals surface area contributed by atoms with Gasteiger partial charge in [-0.2, -0.15) is 0 Å². The molecular formula is C39H40N8O5. The van der Waals surface area contributed by atoms with Gasteiger partial charge < -0.3 is 35.8 Å². The molecule has 2 aromatic heterocycles. The zero-order chi connectivity index (χ0) is 36.2. The Morgan fingerprint density at radius 3 is 2.52 bits per heavy atom. The first-order valence-corrected chi connectivity index (χ1v) is 17.2. The van der Waals surface area contributed by atoms with Crippen LogP contribution in [0.1, 0.15) is 41.6 Å². The van der Waals surface area contributed by atoms with Crippen molar-refractivity contribution in [1.82, 2.24) is 24.8 Å². The van der Waals surface area contributed by atoms with Crippen molar-refractivity contribution < 1.29 is 24.5 Å². The lowest BCUT2D eigenvalue weighted by Crippen LogP contribution is -2.39. The van der Waals surface area contributed by atoms with Gasteiger partial charge in [-0.15, -0.1) is 0 Å². The van der Waals surface area contributed by atoms with Crippen LogP contribution in [-0.2, 0) is 22.6 Å². The summed E-state index contributed by atoms with van der Waals surface area (Å²) in [7, 11) is 0. The number of hydrogen-bond donors (Lipinski definition) is 5. The van der Waals surface area contributed by atoms with Gasteiger partial charge in [0.15, 0.2) is 23.2 Å². The van der Waals surface area contributed by atoms with Crippen molar-refractivity contribution in [2.45, 2.75) is 51.5 Å². The highest BCUT2D eigenvalue weighted by atomic mass is 16.6. The second-order valence-corrected chi connectivity index (χ2v) is 12.7. The van der Waals surface area contributed by atoms with Gasteiger partial charge in [-0.1, -0.05) is 72.8 Å². The normalized spacial score (nSPS) is 18.4. The summed E-state index contributed by atoms with van der Waals surface area (Å²) in [5.41, 5.74) is 4.70. The van der Waals surface area contributed by atoms with Crippen LogP contribution in [0.2, 0.25) is 0 Å². The van der Waals surface area contributed by atoms with Crippen LogP contribution < -0.4 is 20.9 Å². The molecule has 0 bridgehead atoms. The second-order valence-electron chi connectivity index (χ2n) is 12.7. The zero-order valence-corrected chi connectivity index (χ0v) is 28.8. The molecule has 0 unspecified atom stereocenters. The van der Waals surface area contributed by atoms with Crippen LogP contribution >= 0.6 is 0 Å². The number of aromatic nitrogens is 4. The minimum atomic E-state index is -1.32. The van der Waals surface area contributed by atoms with Gasteiger partial charge in [0.25, 0.3) is 5.91 Å². The fraction of sp³-hybridized carbons (Fsp3) is 0.256. The third-order valence-corrected chi connectivity index (χ3v) is 9.27. The minimum Gasteiger partial charge on any atom is -0.387 e. The molecule has 0 aliphatic carbocycles. The number of fused-ring (bicyclic) bond motifs is 2. The second kappa shape index (κ2) is 15.2. The summed E-state index contributed by atoms with van der Waals surface area (Å²) < 4.78 is 7.66. The number of nitrogens with zero attached hydrogens (tertiary/aromatic N) is 5. The number of rotatable bonds is 12. The van der Waals surface area contributed by atoms with Crippen molar-refractivity contribution in [2.75, 3.05) is 28.6 Å². The van der Waals surface area contributed by atoms with Crippen LogP contribution in [0, 0.1) is 0 Å². The largest absolute Gasteiger partial charge is 0.387 e. The van der Waals surface area contributed by atoms with E-state index in [1.165, 1.54) is 19.6 Å². The number of ether oxygens (including phenoxy) is 1. The van der Waals surface area contributed by atoms with Crippen LogP contribution in [0.15, 0.2) is 104 Å². The molecule has 3 heterocycles. The summed E-state index contributed by atoms with van der Waals surface area (Å²) in [5, 5.41) is 33.3. The highest BCUT2D eigenvalue weighted by molar-refractivity contribution is 5.99. The quantitative estimate of drug-likeness (QED) is 0.122. The highest BCUT2D eigenvalue weighted by Gasteiger charge is 2.44. The Morgan fingerprint density at radius 1 is 0.923 bits per heavy atom. The number of aliphatic hydroxyl groups is 2. The van der Waals surface area contributed by atoms with Crippen molar-refractivity contribution in [1.29, 1.82) is 0 Å². The van der Waals surface area contributed by atoms with E-state index in [-0.39, 0.29) is 12.5 Å². The first-order chi connectivity index (χ1) is 25.3. The van der Waals surface area contributed by atoms with E-state index in [4.69, 9.17) is 4.74 Å². The maximum atomic E-state index is 13.4. The Hall–Kier alpha value is -5.89. The Balaban J connectivity index is 1.03. The van der Waals surface area contributed by atoms with Gasteiger partial charge in [0.2, 0.25) is 5.91 Å². The maximum Gasteiger partial charge on any atom is 0.251 e. The summed E-state index contributed by atoms with van der Waals surface area (Å²) in [6, 6.07) is 29.4. The van der Waals surface area contributed by atoms with E-state index in [0.29, 0.717) is 47.9 Å². The molecule has 13 nitrogen and oxygen atoms in total. The van der Waals surface area contributed by atoms with Gasteiger partial charge in [0.1, 0.15) is 24.6 Å². The Bertz CT molecular complexity index is 2200. The summed E-state index contributed by atoms with van der Waals surface area (Å²) in [6.07, 6.45) is -1.67. The number of anilines is 3. The third kappa shape index (κ3) is 7.15. The molecule has 4 aromatic carbocycles. The molecule has 5 N–H and O–H groups in total. The van der Waals surface area contributed by atoms with Gasteiger partial charge in [-0.3, -0.25) is 14.2 Å². The lowest BCUT2D eigenvalue weighted by molar-refractivity contribution is -0.114. The predicted molar refractivity (Wildman–Crippen MR) is 199 cm³/mol. The number of benzene rings is 4. The Kier molecular flexibility index (Phi) is 10.1. The molecule has 7 rings (SSSR count). The first-order valence-electron chi connectivity index (χ1n) is 17.2. The first kappa shape index (κ1) is 34.6. The van der Waals surface area contributed by atoms with Crippen molar-refractivity contribution >= 4 is 50.9 Å². The Labute approximate surface area is 300 Å². The smallest absolute Gasteiger partial charge is 0.251 e. The molecule has 2 amide bonds. The standard InChI is InChI=1S/C39H40N8O5/c1-3-46(21-25-10-5-4-6-11-25)31-17-16-27(18-30(31)45-24(2)48)38(51)41-20-32-34(49)35(50)39(52-32)47-23-44-33-36(42-22-43-37(33)47)40-19-28-14-9-13-26-12-7-8-15-29(26)28/h4-18,22-23,32,34-35,39,49-50H,3,19-21H2,1-2H3,(H,41,51)(H,45,48)(H,40,42,43)/t32-,34-,35-,39-/m1/s1. The summed E-state index contributed by atoms with van der Waals surface area (Å²) in [6.45, 7) is 5.16. The van der Waals surface area contributed by atoms with Crippen LogP contribution in [0.3, 0.4) is 0 Å². The molecule has 52 heavy (non-hydrogen) atoms. The molecule has 1 aliphatic heterocycles. The Morgan fingerprint density at radius 2 is 1.71 bits per heavy atom. The summed E-state index contributed by atoms with van der Waals surface area (Å²) in [5.74, 6) is -0.178. The number of carbonyl (C=O) groups excluding carboxylic acids is 2. The lowest BCUT2D eigenvalue weighted by atomic mass is 10.0. The number of amides is 2. The maximum absolute atomic E-state index is 13.4. The minimum absolute atomic E-state index is 0.0840. The fourth-order valence-corrected chi connectivity index (χ4v) is 6.63. The van der Waals surface area contributed by atoms with Crippen LogP contribution in [0.4, 0.5) is 17.2 Å².